The molecule has 33 heavy (non-hydrogen) atoms. The van der Waals surface area contributed by atoms with Gasteiger partial charge in [0, 0.05) is 30.3 Å². The first-order chi connectivity index (χ1) is 16.0. The summed E-state index contributed by atoms with van der Waals surface area (Å²) < 4.78 is 27.6. The molecule has 0 bridgehead atoms. The van der Waals surface area contributed by atoms with E-state index in [4.69, 9.17) is 14.9 Å². The molecule has 0 saturated heterocycles. The number of anilines is 1. The summed E-state index contributed by atoms with van der Waals surface area (Å²) in [5.41, 5.74) is 10.6. The van der Waals surface area contributed by atoms with Crippen LogP contribution in [0.3, 0.4) is 0 Å². The zero-order valence-corrected chi connectivity index (χ0v) is 18.0. The minimum atomic E-state index is -0.954. The van der Waals surface area contributed by atoms with Gasteiger partial charge in [-0.05, 0) is 35.4 Å². The quantitative estimate of drug-likeness (QED) is 0.454. The van der Waals surface area contributed by atoms with Crippen LogP contribution in [0.25, 0.3) is 22.1 Å². The van der Waals surface area contributed by atoms with E-state index in [1.54, 1.807) is 24.3 Å². The van der Waals surface area contributed by atoms with Crippen molar-refractivity contribution in [1.29, 1.82) is 0 Å². The molecule has 0 unspecified atom stereocenters. The maximum absolute atomic E-state index is 15.7. The van der Waals surface area contributed by atoms with Crippen LogP contribution in [0.4, 0.5) is 10.1 Å². The monoisotopic (exact) mass is 446 g/mol. The van der Waals surface area contributed by atoms with Crippen LogP contribution in [0, 0.1) is 5.82 Å². The number of rotatable bonds is 5. The van der Waals surface area contributed by atoms with Crippen molar-refractivity contribution in [2.24, 2.45) is 5.73 Å². The standard InChI is InChI=1S/C26H23FN2O4/c1-29-14-22(33-25-17(11-23(30)31)6-3-7-21(25)29)20-12-19(16-5-2-4-15(10-16)13-28)26-18(24(20)27)8-9-32-26/h2-10,12,22H,11,13-14,28H2,1H3,(H,30,31)/t22-/m0/s1. The lowest BCUT2D eigenvalue weighted by Crippen LogP contribution is -2.33. The maximum Gasteiger partial charge on any atom is 0.307 e. The lowest BCUT2D eigenvalue weighted by molar-refractivity contribution is -0.136. The highest BCUT2D eigenvalue weighted by Crippen LogP contribution is 2.43. The number of carbonyl (C=O) groups is 1. The number of furan rings is 1. The van der Waals surface area contributed by atoms with E-state index in [0.717, 1.165) is 22.4 Å². The Morgan fingerprint density at radius 1 is 1.21 bits per heavy atom. The van der Waals surface area contributed by atoms with Gasteiger partial charge in [-0.25, -0.2) is 4.39 Å². The van der Waals surface area contributed by atoms with Gasteiger partial charge in [-0.2, -0.15) is 0 Å². The van der Waals surface area contributed by atoms with Crippen molar-refractivity contribution in [2.75, 3.05) is 18.5 Å². The molecule has 0 saturated carbocycles. The van der Waals surface area contributed by atoms with Gasteiger partial charge >= 0.3 is 5.97 Å². The van der Waals surface area contributed by atoms with Gasteiger partial charge < -0.3 is 24.9 Å². The molecule has 3 N–H and O–H groups in total. The molecule has 2 heterocycles. The number of halogens is 1. The van der Waals surface area contributed by atoms with Crippen molar-refractivity contribution in [3.05, 3.63) is 83.4 Å². The third-order valence-electron chi connectivity index (χ3n) is 6.05. The molecule has 1 atom stereocenters. The Bertz CT molecular complexity index is 1360. The molecule has 3 aromatic carbocycles. The van der Waals surface area contributed by atoms with Crippen LogP contribution in [0.1, 0.15) is 22.8 Å². The Balaban J connectivity index is 1.64. The summed E-state index contributed by atoms with van der Waals surface area (Å²) in [6.45, 7) is 0.801. The molecule has 1 aliphatic heterocycles. The zero-order chi connectivity index (χ0) is 23.1. The number of likely N-dealkylation sites (N-methyl/N-ethyl adjacent to an activating group) is 1. The fraction of sp³-hybridized carbons (Fsp3) is 0.192. The number of carboxylic acid groups (broad SMARTS) is 1. The third kappa shape index (κ3) is 3.70. The average Bonchev–Trinajstić information content (AvgIpc) is 3.30. The van der Waals surface area contributed by atoms with E-state index in [1.807, 2.05) is 42.3 Å². The zero-order valence-electron chi connectivity index (χ0n) is 18.0. The minimum Gasteiger partial charge on any atom is -0.481 e. The van der Waals surface area contributed by atoms with Gasteiger partial charge in [0.1, 0.15) is 23.3 Å². The van der Waals surface area contributed by atoms with E-state index in [2.05, 4.69) is 0 Å². The highest BCUT2D eigenvalue weighted by atomic mass is 19.1. The van der Waals surface area contributed by atoms with Crippen LogP contribution >= 0.6 is 0 Å². The molecule has 0 fully saturated rings. The van der Waals surface area contributed by atoms with Gasteiger partial charge in [-0.15, -0.1) is 0 Å². The summed E-state index contributed by atoms with van der Waals surface area (Å²) in [5, 5.41) is 9.68. The second-order valence-corrected chi connectivity index (χ2v) is 8.22. The molecule has 5 rings (SSSR count). The first-order valence-corrected chi connectivity index (χ1v) is 10.7. The number of benzene rings is 3. The van der Waals surface area contributed by atoms with Crippen LogP contribution in [0.5, 0.6) is 5.75 Å². The molecule has 168 valence electrons. The van der Waals surface area contributed by atoms with E-state index in [1.165, 1.54) is 6.26 Å². The highest BCUT2D eigenvalue weighted by molar-refractivity contribution is 5.94. The van der Waals surface area contributed by atoms with Crippen molar-refractivity contribution in [1.82, 2.24) is 0 Å². The van der Waals surface area contributed by atoms with Gasteiger partial charge in [-0.3, -0.25) is 4.79 Å². The molecule has 1 aliphatic rings. The summed E-state index contributed by atoms with van der Waals surface area (Å²) in [6, 6.07) is 16.5. The molecule has 4 aromatic rings. The summed E-state index contributed by atoms with van der Waals surface area (Å²) in [4.78, 5) is 13.3. The first kappa shape index (κ1) is 21.0. The summed E-state index contributed by atoms with van der Waals surface area (Å²) in [5.74, 6) is -0.892. The number of nitrogens with two attached hydrogens (primary N) is 1. The maximum atomic E-state index is 15.7. The fourth-order valence-corrected chi connectivity index (χ4v) is 4.44. The molecule has 0 spiro atoms. The number of nitrogens with zero attached hydrogens (tertiary/aromatic N) is 1. The van der Waals surface area contributed by atoms with E-state index in [0.29, 0.717) is 40.9 Å². The van der Waals surface area contributed by atoms with Crippen LogP contribution < -0.4 is 15.4 Å². The Hall–Kier alpha value is -3.84. The Morgan fingerprint density at radius 3 is 2.82 bits per heavy atom. The molecule has 0 aliphatic carbocycles. The molecular formula is C26H23FN2O4. The molecule has 7 heteroatoms. The van der Waals surface area contributed by atoms with Crippen molar-refractivity contribution in [2.45, 2.75) is 19.1 Å². The lowest BCUT2D eigenvalue weighted by atomic mass is 9.95. The van der Waals surface area contributed by atoms with Crippen LogP contribution in [0.15, 0.2) is 65.3 Å². The summed E-state index contributed by atoms with van der Waals surface area (Å²) >= 11 is 0. The molecule has 0 amide bonds. The number of para-hydroxylation sites is 1. The predicted molar refractivity (Wildman–Crippen MR) is 124 cm³/mol. The van der Waals surface area contributed by atoms with E-state index < -0.39 is 17.9 Å². The third-order valence-corrected chi connectivity index (χ3v) is 6.05. The number of carboxylic acids is 1. The Morgan fingerprint density at radius 2 is 2.03 bits per heavy atom. The van der Waals surface area contributed by atoms with Gasteiger partial charge in [-0.1, -0.05) is 30.3 Å². The topological polar surface area (TPSA) is 88.9 Å². The second kappa shape index (κ2) is 8.26. The van der Waals surface area contributed by atoms with Crippen molar-refractivity contribution < 1.29 is 23.4 Å². The van der Waals surface area contributed by atoms with E-state index in [9.17, 15) is 9.90 Å². The molecule has 6 nitrogen and oxygen atoms in total. The first-order valence-electron chi connectivity index (χ1n) is 10.7. The fourth-order valence-electron chi connectivity index (χ4n) is 4.44. The summed E-state index contributed by atoms with van der Waals surface area (Å²) in [7, 11) is 1.89. The molecule has 0 radical (unpaired) electrons. The Kier molecular flexibility index (Phi) is 5.26. The van der Waals surface area contributed by atoms with Crippen molar-refractivity contribution >= 4 is 22.6 Å². The predicted octanol–water partition coefficient (Wildman–Crippen LogP) is 4.89. The summed E-state index contributed by atoms with van der Waals surface area (Å²) in [6.07, 6.45) is 0.666. The van der Waals surface area contributed by atoms with Crippen LogP contribution in [-0.2, 0) is 17.8 Å². The van der Waals surface area contributed by atoms with E-state index >= 15 is 4.39 Å². The number of aliphatic carboxylic acids is 1. The lowest BCUT2D eigenvalue weighted by Gasteiger charge is -2.35. The highest BCUT2D eigenvalue weighted by Gasteiger charge is 2.31. The molecule has 1 aromatic heterocycles. The number of hydrogen-bond acceptors (Lipinski definition) is 5. The van der Waals surface area contributed by atoms with E-state index in [-0.39, 0.29) is 6.42 Å². The van der Waals surface area contributed by atoms with Gasteiger partial charge in [0.15, 0.2) is 0 Å². The SMILES string of the molecule is CN1C[C@@H](c2cc(-c3cccc(CN)c3)c3occc3c2F)Oc2c(CC(=O)O)cccc21. The molecular weight excluding hydrogens is 423 g/mol. The van der Waals surface area contributed by atoms with Crippen LogP contribution in [0.2, 0.25) is 0 Å². The van der Waals surface area contributed by atoms with Gasteiger partial charge in [0.05, 0.1) is 30.3 Å². The largest absolute Gasteiger partial charge is 0.481 e. The number of ether oxygens (including phenoxy) is 1. The minimum absolute atomic E-state index is 0.176. The van der Waals surface area contributed by atoms with Crippen molar-refractivity contribution in [3.63, 3.8) is 0 Å². The van der Waals surface area contributed by atoms with Crippen molar-refractivity contribution in [3.8, 4) is 16.9 Å². The number of fused-ring (bicyclic) bond motifs is 2. The number of hydrogen-bond donors (Lipinski definition) is 2. The van der Waals surface area contributed by atoms with Crippen LogP contribution in [-0.4, -0.2) is 24.7 Å². The Labute approximate surface area is 190 Å². The second-order valence-electron chi connectivity index (χ2n) is 8.22. The average molecular weight is 446 g/mol. The smallest absolute Gasteiger partial charge is 0.307 e. The normalized spacial score (nSPS) is 15.4. The van der Waals surface area contributed by atoms with Gasteiger partial charge in [0.25, 0.3) is 0 Å². The van der Waals surface area contributed by atoms with Gasteiger partial charge in [0.2, 0.25) is 0 Å².